The van der Waals surface area contributed by atoms with E-state index in [2.05, 4.69) is 14.7 Å². The molecule has 0 bridgehead atoms. The van der Waals surface area contributed by atoms with Crippen LogP contribution in [-0.2, 0) is 9.47 Å². The van der Waals surface area contributed by atoms with Gasteiger partial charge in [0.05, 0.1) is 26.4 Å². The van der Waals surface area contributed by atoms with Crippen molar-refractivity contribution in [3.05, 3.63) is 0 Å². The number of β-amino-alcohol motifs (C(OH)–C–C–N with tert-alkyl or cyclic N) is 1. The first-order valence-electron chi connectivity index (χ1n) is 10.3. The van der Waals surface area contributed by atoms with Crippen LogP contribution in [0.4, 0.5) is 0 Å². The molecule has 3 aliphatic heterocycles. The molecule has 3 saturated heterocycles. The van der Waals surface area contributed by atoms with Crippen LogP contribution in [0.15, 0.2) is 0 Å². The Balaban J connectivity index is 1.17. The molecule has 4 fully saturated rings. The average Bonchev–Trinajstić information content (AvgIpc) is 2.84. The molecule has 1 N–H and O–H groups in total. The van der Waals surface area contributed by atoms with E-state index in [1.165, 1.54) is 58.3 Å². The van der Waals surface area contributed by atoms with E-state index < -0.39 is 5.60 Å². The summed E-state index contributed by atoms with van der Waals surface area (Å²) in [6, 6.07) is 1.53. The number of hydrogen-bond acceptors (Lipinski definition) is 6. The zero-order chi connectivity index (χ0) is 17.1. The SMILES string of the molecule is OC1(CN2CC(N3CCN(C4CCCCC4)CC3)C2)COCCOC1. The van der Waals surface area contributed by atoms with E-state index in [0.717, 1.165) is 19.1 Å². The Kier molecular flexibility index (Phi) is 5.94. The molecule has 0 radical (unpaired) electrons. The Morgan fingerprint density at radius 3 is 1.96 bits per heavy atom. The molecule has 4 rings (SSSR count). The van der Waals surface area contributed by atoms with Crippen molar-refractivity contribution in [2.75, 3.05) is 72.2 Å². The van der Waals surface area contributed by atoms with Gasteiger partial charge < -0.3 is 14.6 Å². The van der Waals surface area contributed by atoms with E-state index >= 15 is 0 Å². The third-order valence-corrected chi connectivity index (χ3v) is 6.53. The second-order valence-corrected chi connectivity index (χ2v) is 8.54. The summed E-state index contributed by atoms with van der Waals surface area (Å²) < 4.78 is 10.9. The Hall–Kier alpha value is -0.240. The third-order valence-electron chi connectivity index (χ3n) is 6.53. The van der Waals surface area contributed by atoms with Crippen LogP contribution < -0.4 is 0 Å². The number of ether oxygens (including phenoxy) is 2. The van der Waals surface area contributed by atoms with Gasteiger partial charge in [-0.1, -0.05) is 19.3 Å². The number of nitrogens with zero attached hydrogens (tertiary/aromatic N) is 3. The predicted molar refractivity (Wildman–Crippen MR) is 96.8 cm³/mol. The lowest BCUT2D eigenvalue weighted by Gasteiger charge is -2.50. The average molecular weight is 354 g/mol. The summed E-state index contributed by atoms with van der Waals surface area (Å²) >= 11 is 0. The van der Waals surface area contributed by atoms with Crippen LogP contribution >= 0.6 is 0 Å². The molecule has 6 heteroatoms. The van der Waals surface area contributed by atoms with Gasteiger partial charge >= 0.3 is 0 Å². The molecular formula is C19H35N3O3. The van der Waals surface area contributed by atoms with Gasteiger partial charge in [0.2, 0.25) is 0 Å². The first-order chi connectivity index (χ1) is 12.2. The van der Waals surface area contributed by atoms with E-state index in [0.29, 0.717) is 39.0 Å². The summed E-state index contributed by atoms with van der Waals surface area (Å²) in [6.07, 6.45) is 7.13. The number of likely N-dealkylation sites (tertiary alicyclic amines) is 1. The molecule has 144 valence electrons. The number of hydrogen-bond donors (Lipinski definition) is 1. The molecule has 0 aromatic rings. The van der Waals surface area contributed by atoms with Crippen molar-refractivity contribution in [1.29, 1.82) is 0 Å². The first-order valence-corrected chi connectivity index (χ1v) is 10.3. The second kappa shape index (κ2) is 8.19. The minimum Gasteiger partial charge on any atom is -0.384 e. The van der Waals surface area contributed by atoms with Gasteiger partial charge in [0.25, 0.3) is 0 Å². The summed E-state index contributed by atoms with van der Waals surface area (Å²) in [4.78, 5) is 7.77. The van der Waals surface area contributed by atoms with Gasteiger partial charge in [-0.3, -0.25) is 14.7 Å². The highest BCUT2D eigenvalue weighted by Gasteiger charge is 2.39. The molecule has 1 aliphatic carbocycles. The molecule has 0 amide bonds. The number of rotatable bonds is 4. The molecular weight excluding hydrogens is 318 g/mol. The van der Waals surface area contributed by atoms with Crippen LogP contribution in [-0.4, -0.2) is 110 Å². The zero-order valence-electron chi connectivity index (χ0n) is 15.6. The highest BCUT2D eigenvalue weighted by atomic mass is 16.6. The van der Waals surface area contributed by atoms with Gasteiger partial charge in [0, 0.05) is 57.9 Å². The smallest absolute Gasteiger partial charge is 0.124 e. The summed E-state index contributed by atoms with van der Waals surface area (Å²) in [7, 11) is 0. The van der Waals surface area contributed by atoms with Gasteiger partial charge in [-0.15, -0.1) is 0 Å². The Labute approximate surface area is 152 Å². The molecule has 1 saturated carbocycles. The van der Waals surface area contributed by atoms with Crippen LogP contribution in [0, 0.1) is 0 Å². The van der Waals surface area contributed by atoms with Gasteiger partial charge in [-0.25, -0.2) is 0 Å². The van der Waals surface area contributed by atoms with Crippen molar-refractivity contribution in [3.8, 4) is 0 Å². The van der Waals surface area contributed by atoms with Gasteiger partial charge in [-0.05, 0) is 12.8 Å². The molecule has 4 aliphatic rings. The molecule has 3 heterocycles. The van der Waals surface area contributed by atoms with Crippen LogP contribution in [0.25, 0.3) is 0 Å². The van der Waals surface area contributed by atoms with E-state index in [4.69, 9.17) is 9.47 Å². The van der Waals surface area contributed by atoms with E-state index in [9.17, 15) is 5.11 Å². The van der Waals surface area contributed by atoms with Crippen molar-refractivity contribution in [3.63, 3.8) is 0 Å². The van der Waals surface area contributed by atoms with Crippen molar-refractivity contribution >= 4 is 0 Å². The molecule has 6 nitrogen and oxygen atoms in total. The van der Waals surface area contributed by atoms with Crippen molar-refractivity contribution in [2.24, 2.45) is 0 Å². The quantitative estimate of drug-likeness (QED) is 0.790. The third kappa shape index (κ3) is 4.54. The Morgan fingerprint density at radius 1 is 0.800 bits per heavy atom. The minimum atomic E-state index is -0.832. The lowest BCUT2D eigenvalue weighted by Crippen LogP contribution is -2.66. The minimum absolute atomic E-state index is 0.397. The molecule has 0 atom stereocenters. The maximum atomic E-state index is 10.7. The molecule has 0 aromatic heterocycles. The summed E-state index contributed by atoms with van der Waals surface area (Å²) in [5.41, 5.74) is -0.832. The number of piperazine rings is 1. The van der Waals surface area contributed by atoms with Crippen LogP contribution in [0.1, 0.15) is 32.1 Å². The summed E-state index contributed by atoms with van der Waals surface area (Å²) in [5.74, 6) is 0. The van der Waals surface area contributed by atoms with E-state index in [1.807, 2.05) is 0 Å². The maximum absolute atomic E-state index is 10.7. The standard InChI is InChI=1S/C19H35N3O3/c23-19(15-24-10-11-25-16-19)14-20-12-18(13-20)22-8-6-21(7-9-22)17-4-2-1-3-5-17/h17-18,23H,1-16H2. The lowest BCUT2D eigenvalue weighted by molar-refractivity contribution is -0.0988. The number of aliphatic hydroxyl groups is 1. The fraction of sp³-hybridized carbons (Fsp3) is 1.00. The van der Waals surface area contributed by atoms with Gasteiger partial charge in [-0.2, -0.15) is 0 Å². The Bertz CT molecular complexity index is 408. The largest absolute Gasteiger partial charge is 0.384 e. The van der Waals surface area contributed by atoms with E-state index in [-0.39, 0.29) is 0 Å². The van der Waals surface area contributed by atoms with Gasteiger partial charge in [0.15, 0.2) is 0 Å². The van der Waals surface area contributed by atoms with Crippen LogP contribution in [0.2, 0.25) is 0 Å². The second-order valence-electron chi connectivity index (χ2n) is 8.54. The van der Waals surface area contributed by atoms with E-state index in [1.54, 1.807) is 0 Å². The lowest BCUT2D eigenvalue weighted by atomic mass is 9.93. The topological polar surface area (TPSA) is 48.4 Å². The molecule has 0 unspecified atom stereocenters. The van der Waals surface area contributed by atoms with Crippen molar-refractivity contribution in [1.82, 2.24) is 14.7 Å². The summed E-state index contributed by atoms with van der Waals surface area (Å²) in [5, 5.41) is 10.7. The van der Waals surface area contributed by atoms with Crippen LogP contribution in [0.3, 0.4) is 0 Å². The van der Waals surface area contributed by atoms with Crippen LogP contribution in [0.5, 0.6) is 0 Å². The monoisotopic (exact) mass is 353 g/mol. The molecule has 0 aromatic carbocycles. The van der Waals surface area contributed by atoms with Crippen molar-refractivity contribution < 1.29 is 14.6 Å². The molecule has 0 spiro atoms. The predicted octanol–water partition coefficient (Wildman–Crippen LogP) is 0.399. The zero-order valence-corrected chi connectivity index (χ0v) is 15.6. The maximum Gasteiger partial charge on any atom is 0.124 e. The normalized spacial score (nSPS) is 31.6. The summed E-state index contributed by atoms with van der Waals surface area (Å²) in [6.45, 7) is 9.72. The highest BCUT2D eigenvalue weighted by Crippen LogP contribution is 2.25. The van der Waals surface area contributed by atoms with Crippen molar-refractivity contribution in [2.45, 2.75) is 49.8 Å². The Morgan fingerprint density at radius 2 is 1.36 bits per heavy atom. The van der Waals surface area contributed by atoms with Gasteiger partial charge in [0.1, 0.15) is 5.60 Å². The fourth-order valence-corrected chi connectivity index (χ4v) is 5.01. The fourth-order valence-electron chi connectivity index (χ4n) is 5.01. The molecule has 25 heavy (non-hydrogen) atoms. The highest BCUT2D eigenvalue weighted by molar-refractivity contribution is 4.95. The first kappa shape index (κ1) is 18.1.